The minimum Gasteiger partial charge on any atom is -0.485 e. The molecule has 0 saturated heterocycles. The smallest absolute Gasteiger partial charge is 0.165 e. The first-order chi connectivity index (χ1) is 9.16. The van der Waals surface area contributed by atoms with Crippen LogP contribution in [0.5, 0.6) is 5.75 Å². The second-order valence-corrected chi connectivity index (χ2v) is 4.54. The Hall–Kier alpha value is -1.94. The van der Waals surface area contributed by atoms with E-state index < -0.39 is 23.8 Å². The second-order valence-electron chi connectivity index (χ2n) is 4.54. The van der Waals surface area contributed by atoms with Crippen LogP contribution < -0.4 is 4.74 Å². The van der Waals surface area contributed by atoms with Crippen LogP contribution in [0.15, 0.2) is 42.5 Å². The van der Waals surface area contributed by atoms with Crippen LogP contribution in [0, 0.1) is 11.6 Å². The summed E-state index contributed by atoms with van der Waals surface area (Å²) in [5, 5.41) is 10.1. The molecule has 0 aromatic heterocycles. The quantitative estimate of drug-likeness (QED) is 0.852. The highest BCUT2D eigenvalue weighted by Gasteiger charge is 2.30. The lowest BCUT2D eigenvalue weighted by Crippen LogP contribution is -2.20. The highest BCUT2D eigenvalue weighted by Crippen LogP contribution is 2.41. The molecule has 0 fully saturated rings. The first-order valence-electron chi connectivity index (χ1n) is 6.04. The predicted octanol–water partition coefficient (Wildman–Crippen LogP) is 3.52. The highest BCUT2D eigenvalue weighted by molar-refractivity contribution is 5.38. The summed E-state index contributed by atoms with van der Waals surface area (Å²) < 4.78 is 32.6. The molecular formula is C15H12F2O2. The summed E-state index contributed by atoms with van der Waals surface area (Å²) in [4.78, 5) is 0. The number of fused-ring (bicyclic) bond motifs is 1. The van der Waals surface area contributed by atoms with Gasteiger partial charge in [0.25, 0.3) is 0 Å². The summed E-state index contributed by atoms with van der Waals surface area (Å²) in [6.45, 7) is 0. The van der Waals surface area contributed by atoms with E-state index in [9.17, 15) is 13.9 Å². The Labute approximate surface area is 109 Å². The Balaban J connectivity index is 1.99. The van der Waals surface area contributed by atoms with Crippen molar-refractivity contribution >= 4 is 0 Å². The van der Waals surface area contributed by atoms with Gasteiger partial charge in [-0.2, -0.15) is 0 Å². The van der Waals surface area contributed by atoms with E-state index in [-0.39, 0.29) is 12.0 Å². The van der Waals surface area contributed by atoms with Gasteiger partial charge < -0.3 is 9.84 Å². The molecule has 2 atom stereocenters. The predicted molar refractivity (Wildman–Crippen MR) is 65.7 cm³/mol. The van der Waals surface area contributed by atoms with Crippen molar-refractivity contribution in [1.82, 2.24) is 0 Å². The zero-order valence-corrected chi connectivity index (χ0v) is 10.0. The van der Waals surface area contributed by atoms with Gasteiger partial charge in [0.2, 0.25) is 0 Å². The van der Waals surface area contributed by atoms with Crippen LogP contribution >= 0.6 is 0 Å². The zero-order valence-electron chi connectivity index (χ0n) is 10.0. The van der Waals surface area contributed by atoms with Crippen molar-refractivity contribution in [2.24, 2.45) is 0 Å². The number of halogens is 2. The molecule has 0 radical (unpaired) electrons. The van der Waals surface area contributed by atoms with Crippen molar-refractivity contribution in [2.45, 2.75) is 18.6 Å². The van der Waals surface area contributed by atoms with Crippen LogP contribution in [-0.2, 0) is 0 Å². The maximum atomic E-state index is 13.8. The summed E-state index contributed by atoms with van der Waals surface area (Å²) in [5.74, 6) is -1.32. The molecule has 98 valence electrons. The van der Waals surface area contributed by atoms with E-state index in [1.165, 1.54) is 12.1 Å². The lowest BCUT2D eigenvalue weighted by atomic mass is 9.95. The first kappa shape index (κ1) is 12.1. The van der Waals surface area contributed by atoms with E-state index in [0.29, 0.717) is 11.3 Å². The molecule has 0 amide bonds. The fourth-order valence-electron chi connectivity index (χ4n) is 2.35. The summed E-state index contributed by atoms with van der Waals surface area (Å²) in [6, 6.07) is 11.0. The fourth-order valence-corrected chi connectivity index (χ4v) is 2.35. The van der Waals surface area contributed by atoms with Crippen molar-refractivity contribution in [2.75, 3.05) is 0 Å². The van der Waals surface area contributed by atoms with Gasteiger partial charge >= 0.3 is 0 Å². The standard InChI is InChI=1S/C15H12F2O2/c16-11-6-3-5-10(15(11)17)14-8-12(18)9-4-1-2-7-13(9)19-14/h1-7,12,14,18H,8H2/t12-,14?/m1/s1. The molecule has 1 unspecified atom stereocenters. The van der Waals surface area contributed by atoms with Crippen LogP contribution in [-0.4, -0.2) is 5.11 Å². The summed E-state index contributed by atoms with van der Waals surface area (Å²) in [6.07, 6.45) is -1.21. The van der Waals surface area contributed by atoms with Crippen molar-refractivity contribution in [3.63, 3.8) is 0 Å². The molecule has 19 heavy (non-hydrogen) atoms. The highest BCUT2D eigenvalue weighted by atomic mass is 19.2. The van der Waals surface area contributed by atoms with Gasteiger partial charge in [-0.25, -0.2) is 8.78 Å². The Bertz CT molecular complexity index is 613. The molecule has 2 nitrogen and oxygen atoms in total. The Kier molecular flexibility index (Phi) is 2.95. The molecule has 1 aliphatic rings. The summed E-state index contributed by atoms with van der Waals surface area (Å²) in [5.41, 5.74) is 0.809. The third-order valence-electron chi connectivity index (χ3n) is 3.31. The SMILES string of the molecule is O[C@@H]1CC(c2cccc(F)c2F)Oc2ccccc21. The molecule has 0 bridgehead atoms. The van der Waals surface area contributed by atoms with Crippen LogP contribution in [0.25, 0.3) is 0 Å². The third kappa shape index (κ3) is 2.08. The molecule has 2 aromatic carbocycles. The largest absolute Gasteiger partial charge is 0.485 e. The minimum atomic E-state index is -0.918. The lowest BCUT2D eigenvalue weighted by Gasteiger charge is -2.30. The number of hydrogen-bond acceptors (Lipinski definition) is 2. The van der Waals surface area contributed by atoms with Gasteiger partial charge in [-0.1, -0.05) is 30.3 Å². The Morgan fingerprint density at radius 1 is 1.00 bits per heavy atom. The van der Waals surface area contributed by atoms with Gasteiger partial charge in [0.15, 0.2) is 11.6 Å². The molecule has 0 spiro atoms. The third-order valence-corrected chi connectivity index (χ3v) is 3.31. The number of hydrogen-bond donors (Lipinski definition) is 1. The maximum Gasteiger partial charge on any atom is 0.165 e. The topological polar surface area (TPSA) is 29.5 Å². The summed E-state index contributed by atoms with van der Waals surface area (Å²) >= 11 is 0. The average molecular weight is 262 g/mol. The number of rotatable bonds is 1. The van der Waals surface area contributed by atoms with Gasteiger partial charge in [-0.3, -0.25) is 0 Å². The van der Waals surface area contributed by atoms with Gasteiger partial charge in [0.1, 0.15) is 11.9 Å². The van der Waals surface area contributed by atoms with E-state index in [1.807, 2.05) is 0 Å². The molecule has 1 N–H and O–H groups in total. The maximum absolute atomic E-state index is 13.8. The van der Waals surface area contributed by atoms with Gasteiger partial charge in [0, 0.05) is 17.5 Å². The monoisotopic (exact) mass is 262 g/mol. The normalized spacial score (nSPS) is 21.6. The van der Waals surface area contributed by atoms with Crippen molar-refractivity contribution < 1.29 is 18.6 Å². The van der Waals surface area contributed by atoms with Crippen LogP contribution in [0.3, 0.4) is 0 Å². The molecule has 1 heterocycles. The molecule has 2 aromatic rings. The van der Waals surface area contributed by atoms with Crippen molar-refractivity contribution in [3.05, 3.63) is 65.2 Å². The van der Waals surface area contributed by atoms with E-state index in [2.05, 4.69) is 0 Å². The Morgan fingerprint density at radius 2 is 1.74 bits per heavy atom. The van der Waals surface area contributed by atoms with Crippen LogP contribution in [0.4, 0.5) is 8.78 Å². The van der Waals surface area contributed by atoms with Crippen LogP contribution in [0.2, 0.25) is 0 Å². The molecule has 0 aliphatic carbocycles. The number of aliphatic hydroxyl groups excluding tert-OH is 1. The van der Waals surface area contributed by atoms with E-state index in [4.69, 9.17) is 4.74 Å². The number of para-hydroxylation sites is 1. The fraction of sp³-hybridized carbons (Fsp3) is 0.200. The van der Waals surface area contributed by atoms with Crippen LogP contribution in [0.1, 0.15) is 29.8 Å². The number of ether oxygens (including phenoxy) is 1. The molecule has 0 saturated carbocycles. The molecule has 4 heteroatoms. The molecular weight excluding hydrogens is 250 g/mol. The van der Waals surface area contributed by atoms with E-state index in [1.54, 1.807) is 24.3 Å². The average Bonchev–Trinajstić information content (AvgIpc) is 2.42. The molecule has 3 rings (SSSR count). The lowest BCUT2D eigenvalue weighted by molar-refractivity contribution is 0.0637. The van der Waals surface area contributed by atoms with Gasteiger partial charge in [-0.15, -0.1) is 0 Å². The minimum absolute atomic E-state index is 0.133. The van der Waals surface area contributed by atoms with Gasteiger partial charge in [0.05, 0.1) is 6.10 Å². The molecule has 1 aliphatic heterocycles. The van der Waals surface area contributed by atoms with E-state index >= 15 is 0 Å². The Morgan fingerprint density at radius 3 is 2.58 bits per heavy atom. The van der Waals surface area contributed by atoms with Crippen molar-refractivity contribution in [3.8, 4) is 5.75 Å². The van der Waals surface area contributed by atoms with Gasteiger partial charge in [-0.05, 0) is 12.1 Å². The second kappa shape index (κ2) is 4.63. The van der Waals surface area contributed by atoms with E-state index in [0.717, 1.165) is 6.07 Å². The zero-order chi connectivity index (χ0) is 13.4. The number of aliphatic hydroxyl groups is 1. The summed E-state index contributed by atoms with van der Waals surface area (Å²) in [7, 11) is 0. The van der Waals surface area contributed by atoms with Crippen molar-refractivity contribution in [1.29, 1.82) is 0 Å². The number of benzene rings is 2. The first-order valence-corrected chi connectivity index (χ1v) is 6.04.